The summed E-state index contributed by atoms with van der Waals surface area (Å²) in [6.07, 6.45) is 0. The first-order chi connectivity index (χ1) is 14.2. The topological polar surface area (TPSA) is 99.0 Å². The second kappa shape index (κ2) is 9.40. The molecule has 1 saturated heterocycles. The van der Waals surface area contributed by atoms with E-state index in [0.717, 1.165) is 10.9 Å². The number of nitrogens with zero attached hydrogens (tertiary/aromatic N) is 4. The van der Waals surface area contributed by atoms with Crippen molar-refractivity contribution in [1.82, 2.24) is 14.1 Å². The van der Waals surface area contributed by atoms with E-state index in [0.29, 0.717) is 38.4 Å². The minimum absolute atomic E-state index is 0.0401. The summed E-state index contributed by atoms with van der Waals surface area (Å²) in [6, 6.07) is 8.12. The van der Waals surface area contributed by atoms with Crippen LogP contribution in [0.2, 0.25) is 0 Å². The van der Waals surface area contributed by atoms with E-state index < -0.39 is 14.9 Å². The van der Waals surface area contributed by atoms with Gasteiger partial charge in [0.1, 0.15) is 5.69 Å². The van der Waals surface area contributed by atoms with Crippen LogP contribution in [0, 0.1) is 10.1 Å². The summed E-state index contributed by atoms with van der Waals surface area (Å²) in [5, 5.41) is 16.8. The number of sulfonamides is 1. The van der Waals surface area contributed by atoms with E-state index in [-0.39, 0.29) is 16.6 Å². The molecule has 1 N–H and O–H groups in total. The molecule has 1 aliphatic rings. The van der Waals surface area contributed by atoms with Crippen LogP contribution in [0.4, 0.5) is 11.4 Å². The maximum atomic E-state index is 12.9. The van der Waals surface area contributed by atoms with Gasteiger partial charge >= 0.3 is 0 Å². The number of rotatable bonds is 8. The van der Waals surface area contributed by atoms with Crippen molar-refractivity contribution in [3.63, 3.8) is 0 Å². The number of nitrogens with one attached hydrogen (secondary N) is 1. The number of nitro groups is 1. The van der Waals surface area contributed by atoms with E-state index in [1.54, 1.807) is 11.3 Å². The normalized spacial score (nSPS) is 17.2. The molecule has 3 rings (SSSR count). The molecule has 1 aromatic carbocycles. The highest BCUT2D eigenvalue weighted by molar-refractivity contribution is 7.89. The van der Waals surface area contributed by atoms with Crippen LogP contribution in [0.25, 0.3) is 0 Å². The Kier molecular flexibility index (Phi) is 7.09. The molecule has 1 fully saturated rings. The number of thiophene rings is 1. The third-order valence-electron chi connectivity index (χ3n) is 5.25. The number of anilines is 1. The van der Waals surface area contributed by atoms with Gasteiger partial charge in [0.05, 0.1) is 15.9 Å². The van der Waals surface area contributed by atoms with Crippen molar-refractivity contribution < 1.29 is 13.3 Å². The van der Waals surface area contributed by atoms with Gasteiger partial charge in [-0.15, -0.1) is 11.3 Å². The summed E-state index contributed by atoms with van der Waals surface area (Å²) in [5.74, 6) is 0. The number of hydrogen-bond donors (Lipinski definition) is 1. The summed E-state index contributed by atoms with van der Waals surface area (Å²) in [6.45, 7) is 2.47. The van der Waals surface area contributed by atoms with Gasteiger partial charge in [0.2, 0.25) is 10.0 Å². The van der Waals surface area contributed by atoms with Crippen LogP contribution in [-0.2, 0) is 10.0 Å². The van der Waals surface area contributed by atoms with Gasteiger partial charge in [0, 0.05) is 43.7 Å². The molecule has 2 aromatic rings. The Hall–Kier alpha value is -2.05. The Balaban J connectivity index is 1.82. The quantitative estimate of drug-likeness (QED) is 0.484. The first-order valence-electron chi connectivity index (χ1n) is 9.61. The molecule has 11 heteroatoms. The molecule has 0 radical (unpaired) electrons. The molecule has 30 heavy (non-hydrogen) atoms. The lowest BCUT2D eigenvalue weighted by molar-refractivity contribution is -0.384. The second-order valence-electron chi connectivity index (χ2n) is 7.52. The molecule has 9 nitrogen and oxygen atoms in total. The predicted octanol–water partition coefficient (Wildman–Crippen LogP) is 2.31. The molecule has 1 unspecified atom stereocenters. The highest BCUT2D eigenvalue weighted by Gasteiger charge is 2.30. The van der Waals surface area contributed by atoms with E-state index in [1.807, 2.05) is 43.6 Å². The highest BCUT2D eigenvalue weighted by atomic mass is 32.2. The third-order valence-corrected chi connectivity index (χ3v) is 8.11. The van der Waals surface area contributed by atoms with E-state index in [9.17, 15) is 18.5 Å². The van der Waals surface area contributed by atoms with Crippen molar-refractivity contribution in [1.29, 1.82) is 0 Å². The molecule has 0 spiro atoms. The van der Waals surface area contributed by atoms with Crippen molar-refractivity contribution in [2.24, 2.45) is 0 Å². The van der Waals surface area contributed by atoms with Gasteiger partial charge in [-0.1, -0.05) is 6.07 Å². The zero-order chi connectivity index (χ0) is 21.9. The molecule has 1 aliphatic heterocycles. The molecular formula is C19H27N5O4S2. The second-order valence-corrected chi connectivity index (χ2v) is 10.4. The molecule has 2 heterocycles. The van der Waals surface area contributed by atoms with E-state index >= 15 is 0 Å². The Bertz CT molecular complexity index is 971. The lowest BCUT2D eigenvalue weighted by atomic mass is 10.2. The number of likely N-dealkylation sites (N-methyl/N-ethyl adjacent to an activating group) is 2. The van der Waals surface area contributed by atoms with Crippen LogP contribution in [-0.4, -0.2) is 81.3 Å². The first kappa shape index (κ1) is 22.6. The van der Waals surface area contributed by atoms with Gasteiger partial charge in [0.15, 0.2) is 0 Å². The van der Waals surface area contributed by atoms with Gasteiger partial charge < -0.3 is 15.1 Å². The minimum Gasteiger partial charge on any atom is -0.378 e. The van der Waals surface area contributed by atoms with Crippen molar-refractivity contribution in [2.75, 3.05) is 59.2 Å². The van der Waals surface area contributed by atoms with Crippen LogP contribution in [0.1, 0.15) is 10.9 Å². The summed E-state index contributed by atoms with van der Waals surface area (Å²) in [7, 11) is 2.07. The van der Waals surface area contributed by atoms with Gasteiger partial charge in [-0.3, -0.25) is 10.1 Å². The van der Waals surface area contributed by atoms with Crippen LogP contribution in [0.5, 0.6) is 0 Å². The molecule has 1 aromatic heterocycles. The fourth-order valence-corrected chi connectivity index (χ4v) is 5.74. The highest BCUT2D eigenvalue weighted by Crippen LogP contribution is 2.31. The van der Waals surface area contributed by atoms with Crippen LogP contribution < -0.4 is 5.32 Å². The maximum absolute atomic E-state index is 12.9. The zero-order valence-electron chi connectivity index (χ0n) is 17.3. The van der Waals surface area contributed by atoms with E-state index in [4.69, 9.17) is 0 Å². The van der Waals surface area contributed by atoms with Crippen LogP contribution in [0.15, 0.2) is 40.6 Å². The number of benzene rings is 1. The summed E-state index contributed by atoms with van der Waals surface area (Å²) in [4.78, 5) is 16.3. The minimum atomic E-state index is -3.77. The molecule has 164 valence electrons. The largest absolute Gasteiger partial charge is 0.378 e. The number of nitro benzene ring substituents is 1. The molecule has 1 atom stereocenters. The fraction of sp³-hybridized carbons (Fsp3) is 0.474. The van der Waals surface area contributed by atoms with Gasteiger partial charge in [-0.25, -0.2) is 8.42 Å². The van der Waals surface area contributed by atoms with Crippen molar-refractivity contribution in [3.05, 3.63) is 50.7 Å². The fourth-order valence-electron chi connectivity index (χ4n) is 3.38. The number of hydrogen-bond acceptors (Lipinski definition) is 8. The molecular weight excluding hydrogens is 426 g/mol. The van der Waals surface area contributed by atoms with Gasteiger partial charge in [0.25, 0.3) is 5.69 Å². The van der Waals surface area contributed by atoms with Crippen LogP contribution >= 0.6 is 11.3 Å². The van der Waals surface area contributed by atoms with Crippen molar-refractivity contribution in [2.45, 2.75) is 10.9 Å². The standard InChI is InChI=1S/C19H27N5O4S2/c1-21(2)18(19-5-4-12-29-19)14-20-16-7-6-15(13-17(16)24(25)26)30(27,28)23-10-8-22(3)9-11-23/h4-7,12-13,18,20H,8-11,14H2,1-3H3. The van der Waals surface area contributed by atoms with E-state index in [1.165, 1.54) is 16.4 Å². The SMILES string of the molecule is CN1CCN(S(=O)(=O)c2ccc(NCC(c3cccs3)N(C)C)c([N+](=O)[O-])c2)CC1. The van der Waals surface area contributed by atoms with E-state index in [2.05, 4.69) is 10.2 Å². The Morgan fingerprint density at radius 2 is 1.93 bits per heavy atom. The Morgan fingerprint density at radius 1 is 1.23 bits per heavy atom. The van der Waals surface area contributed by atoms with Gasteiger partial charge in [-0.2, -0.15) is 4.31 Å². The van der Waals surface area contributed by atoms with Gasteiger partial charge in [-0.05, 0) is 44.7 Å². The lowest BCUT2D eigenvalue weighted by Crippen LogP contribution is -2.47. The maximum Gasteiger partial charge on any atom is 0.293 e. The van der Waals surface area contributed by atoms with Crippen LogP contribution in [0.3, 0.4) is 0 Å². The summed E-state index contributed by atoms with van der Waals surface area (Å²) >= 11 is 1.62. The summed E-state index contributed by atoms with van der Waals surface area (Å²) < 4.78 is 27.3. The molecule has 0 aliphatic carbocycles. The smallest absolute Gasteiger partial charge is 0.293 e. The zero-order valence-corrected chi connectivity index (χ0v) is 18.9. The summed E-state index contributed by atoms with van der Waals surface area (Å²) in [5.41, 5.74) is 0.0645. The molecule has 0 bridgehead atoms. The monoisotopic (exact) mass is 453 g/mol. The lowest BCUT2D eigenvalue weighted by Gasteiger charge is -2.31. The van der Waals surface area contributed by atoms with Crippen molar-refractivity contribution >= 4 is 32.7 Å². The molecule has 0 amide bonds. The Labute approximate surface area is 181 Å². The average molecular weight is 454 g/mol. The first-order valence-corrected chi connectivity index (χ1v) is 11.9. The van der Waals surface area contributed by atoms with Crippen molar-refractivity contribution in [3.8, 4) is 0 Å². The number of piperazine rings is 1. The molecule has 0 saturated carbocycles. The Morgan fingerprint density at radius 3 is 2.50 bits per heavy atom. The third kappa shape index (κ3) is 4.98. The predicted molar refractivity (Wildman–Crippen MR) is 119 cm³/mol. The average Bonchev–Trinajstić information content (AvgIpc) is 3.22.